The SMILES string of the molecule is CC(C)C(NS(C)(=O)=O)PO. The summed E-state index contributed by atoms with van der Waals surface area (Å²) in [6.45, 7) is 3.71. The molecule has 6 heteroatoms. The van der Waals surface area contributed by atoms with Gasteiger partial charge in [0.2, 0.25) is 10.0 Å². The predicted molar refractivity (Wildman–Crippen MR) is 47.1 cm³/mol. The average Bonchev–Trinajstić information content (AvgIpc) is 1.80. The zero-order valence-electron chi connectivity index (χ0n) is 6.83. The van der Waals surface area contributed by atoms with E-state index in [0.29, 0.717) is 0 Å². The number of hydrogen-bond acceptors (Lipinski definition) is 3. The number of sulfonamides is 1. The Kier molecular flexibility index (Phi) is 4.48. The summed E-state index contributed by atoms with van der Waals surface area (Å²) >= 11 is 0. The molecule has 11 heavy (non-hydrogen) atoms. The minimum Gasteiger partial charge on any atom is -0.375 e. The van der Waals surface area contributed by atoms with E-state index in [1.165, 1.54) is 0 Å². The fraction of sp³-hybridized carbons (Fsp3) is 1.00. The molecule has 2 atom stereocenters. The molecule has 0 aliphatic rings. The summed E-state index contributed by atoms with van der Waals surface area (Å²) in [4.78, 5) is 8.76. The van der Waals surface area contributed by atoms with Gasteiger partial charge in [-0.05, 0) is 5.92 Å². The normalized spacial score (nSPS) is 16.5. The second kappa shape index (κ2) is 4.36. The van der Waals surface area contributed by atoms with E-state index in [1.807, 2.05) is 13.8 Å². The van der Waals surface area contributed by atoms with Gasteiger partial charge >= 0.3 is 0 Å². The maximum atomic E-state index is 10.7. The molecule has 4 nitrogen and oxygen atoms in total. The van der Waals surface area contributed by atoms with Crippen molar-refractivity contribution in [2.45, 2.75) is 19.6 Å². The van der Waals surface area contributed by atoms with Crippen LogP contribution in [0.1, 0.15) is 13.8 Å². The fourth-order valence-corrected chi connectivity index (χ4v) is 2.43. The molecule has 0 aromatic heterocycles. The first-order chi connectivity index (χ1) is 4.87. The van der Waals surface area contributed by atoms with Crippen molar-refractivity contribution in [3.05, 3.63) is 0 Å². The molecule has 0 bridgehead atoms. The lowest BCUT2D eigenvalue weighted by atomic mass is 10.2. The Morgan fingerprint density at radius 3 is 2.00 bits per heavy atom. The molecule has 0 heterocycles. The highest BCUT2D eigenvalue weighted by atomic mass is 32.2. The third kappa shape index (κ3) is 5.56. The van der Waals surface area contributed by atoms with E-state index < -0.39 is 10.0 Å². The van der Waals surface area contributed by atoms with E-state index in [0.717, 1.165) is 6.26 Å². The van der Waals surface area contributed by atoms with Crippen molar-refractivity contribution in [3.63, 3.8) is 0 Å². The molecule has 0 amide bonds. The van der Waals surface area contributed by atoms with Gasteiger partial charge in [-0.25, -0.2) is 13.1 Å². The van der Waals surface area contributed by atoms with Crippen molar-refractivity contribution in [1.29, 1.82) is 0 Å². The summed E-state index contributed by atoms with van der Waals surface area (Å²) in [6.07, 6.45) is 1.09. The lowest BCUT2D eigenvalue weighted by Gasteiger charge is -2.17. The Bertz CT molecular complexity index is 202. The van der Waals surface area contributed by atoms with Gasteiger partial charge in [0.25, 0.3) is 0 Å². The Labute approximate surface area is 69.3 Å². The molecule has 0 aliphatic carbocycles. The monoisotopic (exact) mass is 199 g/mol. The zero-order chi connectivity index (χ0) is 9.07. The topological polar surface area (TPSA) is 66.4 Å². The van der Waals surface area contributed by atoms with Crippen LogP contribution in [0.15, 0.2) is 0 Å². The maximum absolute atomic E-state index is 10.7. The molecular weight excluding hydrogens is 185 g/mol. The van der Waals surface area contributed by atoms with Crippen LogP contribution in [0.4, 0.5) is 0 Å². The second-order valence-corrected chi connectivity index (χ2v) is 5.40. The van der Waals surface area contributed by atoms with Crippen molar-refractivity contribution in [1.82, 2.24) is 4.72 Å². The van der Waals surface area contributed by atoms with Gasteiger partial charge < -0.3 is 4.89 Å². The first kappa shape index (κ1) is 11.3. The second-order valence-electron chi connectivity index (χ2n) is 2.74. The summed E-state index contributed by atoms with van der Waals surface area (Å²) in [5.41, 5.74) is 0. The highest BCUT2D eigenvalue weighted by Gasteiger charge is 2.16. The summed E-state index contributed by atoms with van der Waals surface area (Å²) in [5, 5.41) is 0. The van der Waals surface area contributed by atoms with Crippen LogP contribution in [0.3, 0.4) is 0 Å². The number of rotatable bonds is 4. The number of hydrogen-bond donors (Lipinski definition) is 2. The van der Waals surface area contributed by atoms with Gasteiger partial charge in [-0.15, -0.1) is 0 Å². The molecule has 0 saturated carbocycles. The fourth-order valence-electron chi connectivity index (χ4n) is 0.542. The van der Waals surface area contributed by atoms with E-state index in [-0.39, 0.29) is 20.5 Å². The molecule has 2 N–H and O–H groups in total. The lowest BCUT2D eigenvalue weighted by molar-refractivity contribution is 0.518. The summed E-state index contributed by atoms with van der Waals surface area (Å²) in [6, 6.07) is 0. The summed E-state index contributed by atoms with van der Waals surface area (Å²) < 4.78 is 23.7. The van der Waals surface area contributed by atoms with Crippen LogP contribution < -0.4 is 4.72 Å². The average molecular weight is 199 g/mol. The Morgan fingerprint density at radius 1 is 1.45 bits per heavy atom. The molecule has 0 radical (unpaired) electrons. The van der Waals surface area contributed by atoms with Crippen LogP contribution in [0.25, 0.3) is 0 Å². The van der Waals surface area contributed by atoms with Gasteiger partial charge in [-0.3, -0.25) is 0 Å². The highest BCUT2D eigenvalue weighted by Crippen LogP contribution is 2.19. The van der Waals surface area contributed by atoms with Crippen molar-refractivity contribution in [2.24, 2.45) is 5.92 Å². The van der Waals surface area contributed by atoms with Crippen LogP contribution in [0, 0.1) is 5.92 Å². The molecule has 0 aromatic carbocycles. The van der Waals surface area contributed by atoms with E-state index in [2.05, 4.69) is 4.72 Å². The van der Waals surface area contributed by atoms with Gasteiger partial charge in [-0.2, -0.15) is 0 Å². The summed E-state index contributed by atoms with van der Waals surface area (Å²) in [5.74, 6) is -0.224. The van der Waals surface area contributed by atoms with E-state index in [9.17, 15) is 8.42 Å². The molecule has 0 spiro atoms. The predicted octanol–water partition coefficient (Wildman–Crippen LogP) is 0.104. The van der Waals surface area contributed by atoms with Crippen molar-refractivity contribution in [2.75, 3.05) is 6.26 Å². The standard InChI is InChI=1S/C5H14NO3PS/c1-4(2)5(10-7)6-11(3,8)9/h4-7,10H,1-3H3. The smallest absolute Gasteiger partial charge is 0.209 e. The van der Waals surface area contributed by atoms with Gasteiger partial charge in [-0.1, -0.05) is 13.8 Å². The van der Waals surface area contributed by atoms with E-state index >= 15 is 0 Å². The quantitative estimate of drug-likeness (QED) is 0.631. The highest BCUT2D eigenvalue weighted by molar-refractivity contribution is 7.88. The molecule has 0 aliphatic heterocycles. The molecule has 0 aromatic rings. The van der Waals surface area contributed by atoms with Crippen molar-refractivity contribution < 1.29 is 13.3 Å². The molecule has 2 unspecified atom stereocenters. The third-order valence-corrected chi connectivity index (χ3v) is 3.13. The van der Waals surface area contributed by atoms with Gasteiger partial charge in [0, 0.05) is 8.81 Å². The molecule has 68 valence electrons. The van der Waals surface area contributed by atoms with Crippen molar-refractivity contribution in [3.8, 4) is 0 Å². The Hall–Kier alpha value is 0.300. The largest absolute Gasteiger partial charge is 0.375 e. The van der Waals surface area contributed by atoms with Crippen LogP contribution in [0.2, 0.25) is 0 Å². The van der Waals surface area contributed by atoms with Gasteiger partial charge in [0.05, 0.1) is 12.0 Å². The van der Waals surface area contributed by atoms with Crippen LogP contribution >= 0.6 is 8.81 Å². The van der Waals surface area contributed by atoms with Crippen LogP contribution in [0.5, 0.6) is 0 Å². The van der Waals surface area contributed by atoms with E-state index in [1.54, 1.807) is 0 Å². The molecule has 0 fully saturated rings. The minimum atomic E-state index is -3.18. The minimum absolute atomic E-state index is 0.119. The van der Waals surface area contributed by atoms with Crippen molar-refractivity contribution >= 4 is 18.8 Å². The first-order valence-corrected chi connectivity index (χ1v) is 6.15. The third-order valence-electron chi connectivity index (χ3n) is 1.15. The summed E-state index contributed by atoms with van der Waals surface area (Å²) in [7, 11) is -3.57. The molecule has 0 rings (SSSR count). The Morgan fingerprint density at radius 2 is 1.91 bits per heavy atom. The lowest BCUT2D eigenvalue weighted by Crippen LogP contribution is -2.34. The first-order valence-electron chi connectivity index (χ1n) is 3.23. The maximum Gasteiger partial charge on any atom is 0.209 e. The van der Waals surface area contributed by atoms with Gasteiger partial charge in [0.15, 0.2) is 0 Å². The van der Waals surface area contributed by atoms with Crippen LogP contribution in [-0.4, -0.2) is 25.3 Å². The van der Waals surface area contributed by atoms with E-state index in [4.69, 9.17) is 4.89 Å². The van der Waals surface area contributed by atoms with Crippen LogP contribution in [-0.2, 0) is 10.0 Å². The zero-order valence-corrected chi connectivity index (χ0v) is 8.64. The molecular formula is C5H14NO3PS. The Balaban J connectivity index is 4.10. The molecule has 0 saturated heterocycles. The number of nitrogens with one attached hydrogen (secondary N) is 1. The van der Waals surface area contributed by atoms with Gasteiger partial charge in [0.1, 0.15) is 0 Å².